The Morgan fingerprint density at radius 1 is 0.700 bits per heavy atom. The van der Waals surface area contributed by atoms with Crippen LogP contribution >= 0.6 is 0 Å². The summed E-state index contributed by atoms with van der Waals surface area (Å²) in [4.78, 5) is 62.5. The van der Waals surface area contributed by atoms with E-state index in [1.54, 1.807) is 26.0 Å². The van der Waals surface area contributed by atoms with Gasteiger partial charge in [0.15, 0.2) is 0 Å². The van der Waals surface area contributed by atoms with Crippen LogP contribution in [0, 0.1) is 5.92 Å². The number of hydrogen-bond acceptors (Lipinski definition) is 8. The van der Waals surface area contributed by atoms with Crippen molar-refractivity contribution in [3.05, 3.63) is 59.7 Å². The monoisotopic (exact) mass is 557 g/mol. The van der Waals surface area contributed by atoms with E-state index in [2.05, 4.69) is 16.0 Å². The van der Waals surface area contributed by atoms with Gasteiger partial charge in [-0.25, -0.2) is 4.79 Å². The van der Waals surface area contributed by atoms with Gasteiger partial charge in [-0.05, 0) is 41.3 Å². The maximum Gasteiger partial charge on any atom is 0.326 e. The molecule has 0 aliphatic carbocycles. The van der Waals surface area contributed by atoms with E-state index >= 15 is 0 Å². The van der Waals surface area contributed by atoms with Crippen LogP contribution in [0.1, 0.15) is 31.4 Å². The highest BCUT2D eigenvalue weighted by molar-refractivity contribution is 5.96. The lowest BCUT2D eigenvalue weighted by atomic mass is 10.0. The summed E-state index contributed by atoms with van der Waals surface area (Å²) in [5.41, 5.74) is 12.3. The number of carbonyl (C=O) groups is 5. The van der Waals surface area contributed by atoms with Gasteiger partial charge in [0.25, 0.3) is 0 Å². The van der Waals surface area contributed by atoms with Gasteiger partial charge in [-0.15, -0.1) is 0 Å². The molecule has 13 nitrogen and oxygen atoms in total. The first-order chi connectivity index (χ1) is 18.8. The van der Waals surface area contributed by atoms with Gasteiger partial charge < -0.3 is 42.7 Å². The Bertz CT molecular complexity index is 1200. The number of phenolic OH excluding ortho intramolecular Hbond substituents is 2. The standard InChI is InChI=1S/C27H35N5O8/c1-14(2)23(29)26(38)31-19(11-15-3-7-17(33)8-4-15)24(36)30-20(13-22(28)35)25(37)32-21(27(39)40)12-16-5-9-18(34)10-6-16/h3-10,14,19-21,23,33-34H,11-13,29H2,1-2H3,(H2,28,35)(H,30,36)(H,31,38)(H,32,37)(H,39,40). The number of carboxylic acid groups (broad SMARTS) is 1. The highest BCUT2D eigenvalue weighted by Crippen LogP contribution is 2.13. The summed E-state index contributed by atoms with van der Waals surface area (Å²) < 4.78 is 0. The number of carbonyl (C=O) groups excluding carboxylic acids is 4. The third-order valence-corrected chi connectivity index (χ3v) is 6.06. The van der Waals surface area contributed by atoms with Crippen molar-refractivity contribution < 1.29 is 39.3 Å². The van der Waals surface area contributed by atoms with Crippen LogP contribution in [0.15, 0.2) is 48.5 Å². The molecule has 0 aromatic heterocycles. The minimum Gasteiger partial charge on any atom is -0.508 e. The largest absolute Gasteiger partial charge is 0.508 e. The van der Waals surface area contributed by atoms with Gasteiger partial charge >= 0.3 is 5.97 Å². The van der Waals surface area contributed by atoms with Gasteiger partial charge in [-0.3, -0.25) is 19.2 Å². The van der Waals surface area contributed by atoms with E-state index in [0.29, 0.717) is 11.1 Å². The number of phenols is 2. The predicted molar refractivity (Wildman–Crippen MR) is 144 cm³/mol. The van der Waals surface area contributed by atoms with E-state index in [-0.39, 0.29) is 30.3 Å². The molecular formula is C27H35N5O8. The summed E-state index contributed by atoms with van der Waals surface area (Å²) in [5.74, 6) is -5.02. The molecule has 10 N–H and O–H groups in total. The highest BCUT2D eigenvalue weighted by atomic mass is 16.4. The molecule has 216 valence electrons. The summed E-state index contributed by atoms with van der Waals surface area (Å²) >= 11 is 0. The number of nitrogens with two attached hydrogens (primary N) is 2. The van der Waals surface area contributed by atoms with E-state index in [1.165, 1.54) is 36.4 Å². The van der Waals surface area contributed by atoms with Crippen molar-refractivity contribution in [1.82, 2.24) is 16.0 Å². The maximum atomic E-state index is 13.3. The fourth-order valence-electron chi connectivity index (χ4n) is 3.67. The molecule has 2 aromatic rings. The van der Waals surface area contributed by atoms with Crippen molar-refractivity contribution >= 4 is 29.6 Å². The molecule has 0 saturated heterocycles. The van der Waals surface area contributed by atoms with Gasteiger partial charge in [0.05, 0.1) is 12.5 Å². The second-order valence-corrected chi connectivity index (χ2v) is 9.70. The quantitative estimate of drug-likeness (QED) is 0.146. The average Bonchev–Trinajstić information content (AvgIpc) is 2.88. The number of rotatable bonds is 14. The zero-order valence-electron chi connectivity index (χ0n) is 22.2. The Hall–Kier alpha value is -4.65. The van der Waals surface area contributed by atoms with Gasteiger partial charge in [0.2, 0.25) is 23.6 Å². The molecular weight excluding hydrogens is 522 g/mol. The van der Waals surface area contributed by atoms with Crippen LogP contribution in [0.5, 0.6) is 11.5 Å². The van der Waals surface area contributed by atoms with Gasteiger partial charge in [0, 0.05) is 12.8 Å². The lowest BCUT2D eigenvalue weighted by molar-refractivity contribution is -0.142. The third kappa shape index (κ3) is 9.91. The number of hydrogen-bond donors (Lipinski definition) is 8. The van der Waals surface area contributed by atoms with Crippen LogP contribution in [0.2, 0.25) is 0 Å². The minimum atomic E-state index is -1.55. The molecule has 0 heterocycles. The lowest BCUT2D eigenvalue weighted by Crippen LogP contribution is -2.58. The van der Waals surface area contributed by atoms with Crippen LogP contribution < -0.4 is 27.4 Å². The molecule has 0 bridgehead atoms. The zero-order chi connectivity index (χ0) is 30.0. The second kappa shape index (κ2) is 14.5. The molecule has 0 saturated carbocycles. The Kier molecular flexibility index (Phi) is 11.4. The van der Waals surface area contributed by atoms with Crippen molar-refractivity contribution in [3.63, 3.8) is 0 Å². The third-order valence-electron chi connectivity index (χ3n) is 6.06. The number of benzene rings is 2. The van der Waals surface area contributed by atoms with Crippen LogP contribution in [0.25, 0.3) is 0 Å². The molecule has 2 aromatic carbocycles. The van der Waals surface area contributed by atoms with Crippen molar-refractivity contribution in [2.45, 2.75) is 57.3 Å². The molecule has 13 heteroatoms. The fourth-order valence-corrected chi connectivity index (χ4v) is 3.67. The fraction of sp³-hybridized carbons (Fsp3) is 0.370. The van der Waals surface area contributed by atoms with Crippen LogP contribution in [0.3, 0.4) is 0 Å². The van der Waals surface area contributed by atoms with E-state index in [1.807, 2.05) is 0 Å². The molecule has 0 spiro atoms. The van der Waals surface area contributed by atoms with E-state index in [4.69, 9.17) is 11.5 Å². The number of carboxylic acids is 1. The number of aromatic hydroxyl groups is 2. The first kappa shape index (κ1) is 31.6. The molecule has 40 heavy (non-hydrogen) atoms. The topological polar surface area (TPSA) is 234 Å². The van der Waals surface area contributed by atoms with Crippen LogP contribution in [-0.2, 0) is 36.8 Å². The SMILES string of the molecule is CC(C)C(N)C(=O)NC(Cc1ccc(O)cc1)C(=O)NC(CC(N)=O)C(=O)NC(Cc1ccc(O)cc1)C(=O)O. The molecule has 0 aliphatic heterocycles. The number of aliphatic carboxylic acids is 1. The van der Waals surface area contributed by atoms with E-state index in [9.17, 15) is 39.3 Å². The Morgan fingerprint density at radius 2 is 1.10 bits per heavy atom. The lowest BCUT2D eigenvalue weighted by Gasteiger charge is -2.25. The van der Waals surface area contributed by atoms with Crippen molar-refractivity contribution in [1.29, 1.82) is 0 Å². The maximum absolute atomic E-state index is 13.3. The summed E-state index contributed by atoms with van der Waals surface area (Å²) in [6.45, 7) is 3.45. The van der Waals surface area contributed by atoms with Crippen LogP contribution in [-0.4, -0.2) is 69.1 Å². The van der Waals surface area contributed by atoms with Crippen molar-refractivity contribution in [2.75, 3.05) is 0 Å². The molecule has 0 fully saturated rings. The summed E-state index contributed by atoms with van der Waals surface area (Å²) in [7, 11) is 0. The normalized spacial score (nSPS) is 13.9. The number of primary amides is 1. The smallest absolute Gasteiger partial charge is 0.326 e. The molecule has 0 radical (unpaired) electrons. The Balaban J connectivity index is 2.25. The Labute approximate surface area is 230 Å². The van der Waals surface area contributed by atoms with E-state index in [0.717, 1.165) is 0 Å². The predicted octanol–water partition coefficient (Wildman–Crippen LogP) is -0.719. The van der Waals surface area contributed by atoms with E-state index < -0.39 is 60.2 Å². The highest BCUT2D eigenvalue weighted by Gasteiger charge is 2.32. The van der Waals surface area contributed by atoms with Gasteiger partial charge in [-0.1, -0.05) is 38.1 Å². The number of amides is 4. The minimum absolute atomic E-state index is 0.00546. The summed E-state index contributed by atoms with van der Waals surface area (Å²) in [6, 6.07) is 6.41. The average molecular weight is 558 g/mol. The molecule has 2 rings (SSSR count). The zero-order valence-corrected chi connectivity index (χ0v) is 22.2. The molecule has 0 aliphatic rings. The summed E-state index contributed by atoms with van der Waals surface area (Å²) in [6.07, 6.45) is -0.841. The van der Waals surface area contributed by atoms with Crippen LogP contribution in [0.4, 0.5) is 0 Å². The Morgan fingerprint density at radius 3 is 1.52 bits per heavy atom. The first-order valence-electron chi connectivity index (χ1n) is 12.5. The molecule has 4 unspecified atom stereocenters. The number of nitrogens with one attached hydrogen (secondary N) is 3. The van der Waals surface area contributed by atoms with Crippen molar-refractivity contribution in [2.24, 2.45) is 17.4 Å². The summed E-state index contributed by atoms with van der Waals surface area (Å²) in [5, 5.41) is 35.9. The van der Waals surface area contributed by atoms with Gasteiger partial charge in [0.1, 0.15) is 29.6 Å². The molecule has 4 atom stereocenters. The second-order valence-electron chi connectivity index (χ2n) is 9.70. The first-order valence-corrected chi connectivity index (χ1v) is 12.5. The van der Waals surface area contributed by atoms with Gasteiger partial charge in [-0.2, -0.15) is 0 Å². The molecule has 4 amide bonds. The van der Waals surface area contributed by atoms with Crippen molar-refractivity contribution in [3.8, 4) is 11.5 Å².